The minimum absolute atomic E-state index is 0.00975. The first kappa shape index (κ1) is 12.4. The van der Waals surface area contributed by atoms with Crippen LogP contribution in [0.25, 0.3) is 0 Å². The third kappa shape index (κ3) is 3.43. The van der Waals surface area contributed by atoms with E-state index < -0.39 is 0 Å². The Balaban J connectivity index is 1.92. The lowest BCUT2D eigenvalue weighted by molar-refractivity contribution is 0.679. The molecule has 0 aliphatic carbocycles. The molecule has 17 heavy (non-hydrogen) atoms. The fourth-order valence-electron chi connectivity index (χ4n) is 1.59. The zero-order chi connectivity index (χ0) is 12.3. The monoisotopic (exact) mass is 268 g/mol. The Morgan fingerprint density at radius 2 is 2.24 bits per heavy atom. The number of hydrogen-bond acceptors (Lipinski definition) is 3. The van der Waals surface area contributed by atoms with Crippen LogP contribution in [0.15, 0.2) is 28.4 Å². The van der Waals surface area contributed by atoms with Crippen molar-refractivity contribution in [1.82, 2.24) is 10.3 Å². The topological polar surface area (TPSA) is 44.9 Å². The largest absolute Gasteiger partial charge is 0.315 e. The van der Waals surface area contributed by atoms with Gasteiger partial charge in [-0.2, -0.15) is 0 Å². The van der Waals surface area contributed by atoms with Crippen molar-refractivity contribution in [2.24, 2.45) is 0 Å². The van der Waals surface area contributed by atoms with Gasteiger partial charge in [-0.15, -0.1) is 0 Å². The molecule has 0 saturated carbocycles. The van der Waals surface area contributed by atoms with Crippen molar-refractivity contribution in [3.8, 4) is 0 Å². The molecule has 2 N–H and O–H groups in total. The summed E-state index contributed by atoms with van der Waals surface area (Å²) in [6.07, 6.45) is 0. The molecule has 2 rings (SSSR count). The third-order valence-corrected chi connectivity index (χ3v) is 3.46. The lowest BCUT2D eigenvalue weighted by atomic mass is 10.1. The van der Waals surface area contributed by atoms with Crippen LogP contribution in [0.4, 0.5) is 0 Å². The van der Waals surface area contributed by atoms with Crippen molar-refractivity contribution in [1.29, 1.82) is 0 Å². The first-order chi connectivity index (χ1) is 8.15. The molecule has 90 valence electrons. The fraction of sp³-hybridized carbons (Fsp3) is 0.250. The number of halogens is 1. The highest BCUT2D eigenvalue weighted by atomic mass is 35.5. The fourth-order valence-corrected chi connectivity index (χ4v) is 2.40. The van der Waals surface area contributed by atoms with Crippen molar-refractivity contribution in [3.63, 3.8) is 0 Å². The summed E-state index contributed by atoms with van der Waals surface area (Å²) in [5.41, 5.74) is 3.31. The van der Waals surface area contributed by atoms with E-state index in [-0.39, 0.29) is 4.87 Å². The molecule has 0 fully saturated rings. The maximum absolute atomic E-state index is 10.9. The molecule has 5 heteroatoms. The molecule has 0 spiro atoms. The van der Waals surface area contributed by atoms with Gasteiger partial charge in [-0.05, 0) is 30.2 Å². The van der Waals surface area contributed by atoms with Crippen molar-refractivity contribution < 1.29 is 0 Å². The number of H-pyrrole nitrogens is 1. The summed E-state index contributed by atoms with van der Waals surface area (Å²) in [7, 11) is 0. The zero-order valence-electron chi connectivity index (χ0n) is 9.42. The highest BCUT2D eigenvalue weighted by Gasteiger charge is 2.00. The van der Waals surface area contributed by atoms with Gasteiger partial charge in [0.1, 0.15) is 0 Å². The quantitative estimate of drug-likeness (QED) is 0.896. The van der Waals surface area contributed by atoms with Gasteiger partial charge in [0, 0.05) is 29.2 Å². The summed E-state index contributed by atoms with van der Waals surface area (Å²) in [6.45, 7) is 3.47. The summed E-state index contributed by atoms with van der Waals surface area (Å²) >= 11 is 7.08. The molecule has 0 aliphatic rings. The summed E-state index contributed by atoms with van der Waals surface area (Å²) < 4.78 is 0. The van der Waals surface area contributed by atoms with E-state index in [1.807, 2.05) is 30.5 Å². The third-order valence-electron chi connectivity index (χ3n) is 2.51. The second kappa shape index (κ2) is 5.49. The Hall–Kier alpha value is -1.10. The summed E-state index contributed by atoms with van der Waals surface area (Å²) in [4.78, 5) is 13.7. The van der Waals surface area contributed by atoms with Crippen LogP contribution in [0, 0.1) is 6.92 Å². The second-order valence-corrected chi connectivity index (χ2v) is 5.13. The predicted octanol–water partition coefficient (Wildman–Crippen LogP) is 2.69. The van der Waals surface area contributed by atoms with E-state index in [9.17, 15) is 4.79 Å². The molecule has 1 aromatic heterocycles. The van der Waals surface area contributed by atoms with Crippen LogP contribution in [-0.2, 0) is 13.1 Å². The number of aromatic nitrogens is 1. The van der Waals surface area contributed by atoms with Gasteiger partial charge < -0.3 is 10.3 Å². The molecular formula is C12H13ClN2OS. The average molecular weight is 269 g/mol. The normalized spacial score (nSPS) is 10.7. The van der Waals surface area contributed by atoms with Gasteiger partial charge in [0.15, 0.2) is 0 Å². The van der Waals surface area contributed by atoms with Gasteiger partial charge in [-0.1, -0.05) is 29.0 Å². The summed E-state index contributed by atoms with van der Waals surface area (Å²) in [5, 5.41) is 5.88. The standard InChI is InChI=1S/C12H13ClN2OS/c1-8-4-10(13)3-2-9(8)5-14-6-11-7-17-12(16)15-11/h2-4,7,14H,5-6H2,1H3,(H,15,16). The molecule has 1 heterocycles. The van der Waals surface area contributed by atoms with Crippen LogP contribution in [0.3, 0.4) is 0 Å². The summed E-state index contributed by atoms with van der Waals surface area (Å²) in [6, 6.07) is 5.85. The predicted molar refractivity (Wildman–Crippen MR) is 71.7 cm³/mol. The van der Waals surface area contributed by atoms with Gasteiger partial charge in [0.2, 0.25) is 0 Å². The van der Waals surface area contributed by atoms with E-state index in [0.717, 1.165) is 17.3 Å². The van der Waals surface area contributed by atoms with Crippen LogP contribution in [0.5, 0.6) is 0 Å². The van der Waals surface area contributed by atoms with Gasteiger partial charge in [-0.25, -0.2) is 0 Å². The Morgan fingerprint density at radius 3 is 2.88 bits per heavy atom. The van der Waals surface area contributed by atoms with Crippen LogP contribution < -0.4 is 10.2 Å². The Kier molecular flexibility index (Phi) is 3.99. The van der Waals surface area contributed by atoms with E-state index in [4.69, 9.17) is 11.6 Å². The molecule has 0 radical (unpaired) electrons. The van der Waals surface area contributed by atoms with E-state index in [2.05, 4.69) is 10.3 Å². The molecule has 0 unspecified atom stereocenters. The number of aryl methyl sites for hydroxylation is 1. The molecule has 2 aromatic rings. The van der Waals surface area contributed by atoms with E-state index in [1.165, 1.54) is 22.5 Å². The number of benzene rings is 1. The van der Waals surface area contributed by atoms with E-state index >= 15 is 0 Å². The number of rotatable bonds is 4. The molecule has 0 amide bonds. The number of thiazole rings is 1. The molecule has 3 nitrogen and oxygen atoms in total. The van der Waals surface area contributed by atoms with Crippen LogP contribution in [0.2, 0.25) is 5.02 Å². The van der Waals surface area contributed by atoms with Gasteiger partial charge in [0.05, 0.1) is 0 Å². The molecule has 0 saturated heterocycles. The first-order valence-electron chi connectivity index (χ1n) is 5.27. The Morgan fingerprint density at radius 1 is 1.41 bits per heavy atom. The van der Waals surface area contributed by atoms with Crippen molar-refractivity contribution in [2.75, 3.05) is 0 Å². The SMILES string of the molecule is Cc1cc(Cl)ccc1CNCc1csc(=O)[nH]1. The maximum atomic E-state index is 10.9. The van der Waals surface area contributed by atoms with Gasteiger partial charge >= 0.3 is 4.87 Å². The second-order valence-electron chi connectivity index (χ2n) is 3.85. The van der Waals surface area contributed by atoms with Gasteiger partial charge in [-0.3, -0.25) is 4.79 Å². The van der Waals surface area contributed by atoms with Gasteiger partial charge in [0.25, 0.3) is 0 Å². The van der Waals surface area contributed by atoms with Crippen LogP contribution in [-0.4, -0.2) is 4.98 Å². The van der Waals surface area contributed by atoms with Crippen LogP contribution >= 0.6 is 22.9 Å². The van der Waals surface area contributed by atoms with E-state index in [1.54, 1.807) is 0 Å². The lowest BCUT2D eigenvalue weighted by Gasteiger charge is -2.07. The first-order valence-corrected chi connectivity index (χ1v) is 6.53. The van der Waals surface area contributed by atoms with Crippen molar-refractivity contribution in [2.45, 2.75) is 20.0 Å². The minimum Gasteiger partial charge on any atom is -0.315 e. The Bertz CT molecular complexity index is 562. The van der Waals surface area contributed by atoms with E-state index in [0.29, 0.717) is 6.54 Å². The molecule has 0 aliphatic heterocycles. The maximum Gasteiger partial charge on any atom is 0.304 e. The highest BCUT2D eigenvalue weighted by molar-refractivity contribution is 7.07. The molecule has 1 aromatic carbocycles. The molecule has 0 atom stereocenters. The molecule has 0 bridgehead atoms. The Labute approximate surface area is 108 Å². The highest BCUT2D eigenvalue weighted by Crippen LogP contribution is 2.14. The lowest BCUT2D eigenvalue weighted by Crippen LogP contribution is -2.14. The average Bonchev–Trinajstić information content (AvgIpc) is 2.68. The number of aromatic amines is 1. The number of hydrogen-bond donors (Lipinski definition) is 2. The number of nitrogens with one attached hydrogen (secondary N) is 2. The molecular weight excluding hydrogens is 256 g/mol. The smallest absolute Gasteiger partial charge is 0.304 e. The summed E-state index contributed by atoms with van der Waals surface area (Å²) in [5.74, 6) is 0. The van der Waals surface area contributed by atoms with Crippen molar-refractivity contribution >= 4 is 22.9 Å². The minimum atomic E-state index is -0.00975. The zero-order valence-corrected chi connectivity index (χ0v) is 11.0. The van der Waals surface area contributed by atoms with Crippen LogP contribution in [0.1, 0.15) is 16.8 Å². The van der Waals surface area contributed by atoms with Crippen molar-refractivity contribution in [3.05, 3.63) is 55.1 Å².